The fourth-order valence-electron chi connectivity index (χ4n) is 7.36. The fraction of sp³-hybridized carbons (Fsp3) is 0.978. The largest absolute Gasteiger partial charge is 0.394 e. The fourth-order valence-corrected chi connectivity index (χ4v) is 7.36. The van der Waals surface area contributed by atoms with Gasteiger partial charge in [0.1, 0.15) is 0 Å². The summed E-state index contributed by atoms with van der Waals surface area (Å²) < 4.78 is 0. The first kappa shape index (κ1) is 48.4. The maximum Gasteiger partial charge on any atom is 0.220 e. The SMILES string of the molecule is CCCCCCCCCCCCCCCCCCCCCCCCCCCCCCC(=O)N[C@@H](CO)[C@H](O)CCCCCCCCCCC. The molecule has 0 radical (unpaired) electrons. The van der Waals surface area contributed by atoms with Crippen LogP contribution in [0.5, 0.6) is 0 Å². The van der Waals surface area contributed by atoms with Gasteiger partial charge in [0.25, 0.3) is 0 Å². The Kier molecular flexibility index (Phi) is 41.3. The number of unbranched alkanes of at least 4 members (excludes halogenated alkanes) is 35. The Balaban J connectivity index is 3.35. The number of hydrogen-bond donors (Lipinski definition) is 3. The molecule has 1 amide bonds. The standard InChI is InChI=1S/C45H91NO3/c1-3-5-7-9-11-13-14-15-16-17-18-19-20-21-22-23-24-25-26-27-28-29-30-31-33-35-37-39-41-45(49)46-43(42-47)44(48)40-38-36-34-32-12-10-8-6-4-2/h43-44,47-48H,3-42H2,1-2H3,(H,46,49)/t43-,44+/m0/s1. The summed E-state index contributed by atoms with van der Waals surface area (Å²) in [6.07, 6.45) is 50.6. The van der Waals surface area contributed by atoms with Gasteiger partial charge >= 0.3 is 0 Å². The summed E-state index contributed by atoms with van der Waals surface area (Å²) in [5.74, 6) is -0.0278. The first-order valence-corrected chi connectivity index (χ1v) is 22.7. The van der Waals surface area contributed by atoms with Crippen LogP contribution < -0.4 is 5.32 Å². The molecule has 0 saturated carbocycles. The van der Waals surface area contributed by atoms with Crippen molar-refractivity contribution in [2.24, 2.45) is 0 Å². The van der Waals surface area contributed by atoms with Gasteiger partial charge in [0.15, 0.2) is 0 Å². The van der Waals surface area contributed by atoms with E-state index >= 15 is 0 Å². The topological polar surface area (TPSA) is 69.6 Å². The van der Waals surface area contributed by atoms with Gasteiger partial charge in [-0.3, -0.25) is 4.79 Å². The van der Waals surface area contributed by atoms with Crippen molar-refractivity contribution in [1.82, 2.24) is 5.32 Å². The molecule has 0 aromatic carbocycles. The molecule has 0 aliphatic heterocycles. The van der Waals surface area contributed by atoms with Gasteiger partial charge in [-0.25, -0.2) is 0 Å². The Morgan fingerprint density at radius 3 is 0.918 bits per heavy atom. The molecule has 4 heteroatoms. The molecular formula is C45H91NO3. The van der Waals surface area contributed by atoms with Crippen molar-refractivity contribution in [3.8, 4) is 0 Å². The summed E-state index contributed by atoms with van der Waals surface area (Å²) in [7, 11) is 0. The van der Waals surface area contributed by atoms with Gasteiger partial charge in [0.05, 0.1) is 18.8 Å². The molecule has 0 bridgehead atoms. The molecule has 0 spiro atoms. The van der Waals surface area contributed by atoms with Gasteiger partial charge in [-0.15, -0.1) is 0 Å². The lowest BCUT2D eigenvalue weighted by molar-refractivity contribution is -0.123. The zero-order chi connectivity index (χ0) is 35.7. The molecule has 0 aliphatic carbocycles. The number of nitrogens with one attached hydrogen (secondary N) is 1. The van der Waals surface area contributed by atoms with E-state index in [2.05, 4.69) is 19.2 Å². The van der Waals surface area contributed by atoms with E-state index in [-0.39, 0.29) is 12.5 Å². The van der Waals surface area contributed by atoms with Crippen LogP contribution in [-0.4, -0.2) is 34.9 Å². The van der Waals surface area contributed by atoms with Crippen LogP contribution >= 0.6 is 0 Å². The Hall–Kier alpha value is -0.610. The monoisotopic (exact) mass is 694 g/mol. The second-order valence-corrected chi connectivity index (χ2v) is 15.8. The third-order valence-electron chi connectivity index (χ3n) is 10.9. The highest BCUT2D eigenvalue weighted by atomic mass is 16.3. The molecule has 0 heterocycles. The highest BCUT2D eigenvalue weighted by Gasteiger charge is 2.20. The maximum atomic E-state index is 12.4. The van der Waals surface area contributed by atoms with Gasteiger partial charge in [-0.2, -0.15) is 0 Å². The number of rotatable bonds is 42. The number of amides is 1. The van der Waals surface area contributed by atoms with Crippen molar-refractivity contribution in [3.05, 3.63) is 0 Å². The van der Waals surface area contributed by atoms with Gasteiger partial charge < -0.3 is 15.5 Å². The minimum absolute atomic E-state index is 0.0278. The van der Waals surface area contributed by atoms with E-state index in [9.17, 15) is 15.0 Å². The highest BCUT2D eigenvalue weighted by molar-refractivity contribution is 5.76. The number of carbonyl (C=O) groups is 1. The molecule has 0 unspecified atom stereocenters. The summed E-state index contributed by atoms with van der Waals surface area (Å²) in [5, 5.41) is 23.0. The Morgan fingerprint density at radius 2 is 0.653 bits per heavy atom. The molecule has 0 aromatic heterocycles. The van der Waals surface area contributed by atoms with Crippen LogP contribution in [0, 0.1) is 0 Å². The van der Waals surface area contributed by atoms with E-state index in [1.807, 2.05) is 0 Å². The van der Waals surface area contributed by atoms with Crippen LogP contribution in [0.1, 0.15) is 264 Å². The third-order valence-corrected chi connectivity index (χ3v) is 10.9. The van der Waals surface area contributed by atoms with Crippen molar-refractivity contribution in [2.45, 2.75) is 276 Å². The Labute approximate surface area is 308 Å². The zero-order valence-electron chi connectivity index (χ0n) is 33.7. The van der Waals surface area contributed by atoms with Crippen LogP contribution in [0.4, 0.5) is 0 Å². The minimum Gasteiger partial charge on any atom is -0.394 e. The van der Waals surface area contributed by atoms with Crippen LogP contribution in [0.15, 0.2) is 0 Å². The van der Waals surface area contributed by atoms with E-state index < -0.39 is 12.1 Å². The van der Waals surface area contributed by atoms with Crippen LogP contribution in [0.3, 0.4) is 0 Å². The number of aliphatic hydroxyl groups is 2. The summed E-state index contributed by atoms with van der Waals surface area (Å²) >= 11 is 0. The molecule has 0 fully saturated rings. The lowest BCUT2D eigenvalue weighted by atomic mass is 10.0. The summed E-state index contributed by atoms with van der Waals surface area (Å²) in [6.45, 7) is 4.36. The molecule has 0 aromatic rings. The molecular weight excluding hydrogens is 602 g/mol. The quantitative estimate of drug-likeness (QED) is 0.0557. The predicted octanol–water partition coefficient (Wildman–Crippen LogP) is 14.1. The molecule has 0 saturated heterocycles. The lowest BCUT2D eigenvalue weighted by Gasteiger charge is -2.22. The summed E-state index contributed by atoms with van der Waals surface area (Å²) in [6, 6.07) is -0.527. The van der Waals surface area contributed by atoms with Crippen molar-refractivity contribution < 1.29 is 15.0 Å². The average Bonchev–Trinajstić information content (AvgIpc) is 3.10. The van der Waals surface area contributed by atoms with E-state index in [1.165, 1.54) is 212 Å². The average molecular weight is 694 g/mol. The zero-order valence-corrected chi connectivity index (χ0v) is 33.7. The maximum absolute atomic E-state index is 12.4. The molecule has 2 atom stereocenters. The molecule has 4 nitrogen and oxygen atoms in total. The van der Waals surface area contributed by atoms with Crippen molar-refractivity contribution in [3.63, 3.8) is 0 Å². The molecule has 0 rings (SSSR count). The Bertz CT molecular complexity index is 626. The number of aliphatic hydroxyl groups excluding tert-OH is 2. The molecule has 49 heavy (non-hydrogen) atoms. The summed E-state index contributed by atoms with van der Waals surface area (Å²) in [4.78, 5) is 12.4. The van der Waals surface area contributed by atoms with Gasteiger partial charge in [-0.05, 0) is 12.8 Å². The van der Waals surface area contributed by atoms with E-state index in [1.54, 1.807) is 0 Å². The van der Waals surface area contributed by atoms with Crippen LogP contribution in [0.2, 0.25) is 0 Å². The van der Waals surface area contributed by atoms with Crippen LogP contribution in [0.25, 0.3) is 0 Å². The first-order valence-electron chi connectivity index (χ1n) is 22.7. The lowest BCUT2D eigenvalue weighted by Crippen LogP contribution is -2.45. The van der Waals surface area contributed by atoms with Gasteiger partial charge in [0.2, 0.25) is 5.91 Å². The van der Waals surface area contributed by atoms with Crippen molar-refractivity contribution in [1.29, 1.82) is 0 Å². The van der Waals surface area contributed by atoms with Crippen molar-refractivity contribution >= 4 is 5.91 Å². The van der Waals surface area contributed by atoms with Gasteiger partial charge in [0, 0.05) is 6.42 Å². The second-order valence-electron chi connectivity index (χ2n) is 15.8. The second kappa shape index (κ2) is 41.8. The normalized spacial score (nSPS) is 12.8. The number of carbonyl (C=O) groups excluding carboxylic acids is 1. The number of hydrogen-bond acceptors (Lipinski definition) is 3. The molecule has 0 aliphatic rings. The Morgan fingerprint density at radius 1 is 0.408 bits per heavy atom. The van der Waals surface area contributed by atoms with E-state index in [0.29, 0.717) is 12.8 Å². The smallest absolute Gasteiger partial charge is 0.220 e. The predicted molar refractivity (Wildman–Crippen MR) is 216 cm³/mol. The summed E-state index contributed by atoms with van der Waals surface area (Å²) in [5.41, 5.74) is 0. The molecule has 3 N–H and O–H groups in total. The van der Waals surface area contributed by atoms with Crippen molar-refractivity contribution in [2.75, 3.05) is 6.61 Å². The minimum atomic E-state index is -0.651. The molecule has 294 valence electrons. The van der Waals surface area contributed by atoms with Crippen LogP contribution in [-0.2, 0) is 4.79 Å². The van der Waals surface area contributed by atoms with E-state index in [4.69, 9.17) is 0 Å². The van der Waals surface area contributed by atoms with Gasteiger partial charge in [-0.1, -0.05) is 245 Å². The van der Waals surface area contributed by atoms with E-state index in [0.717, 1.165) is 25.7 Å². The highest BCUT2D eigenvalue weighted by Crippen LogP contribution is 2.17. The first-order chi connectivity index (χ1) is 24.2. The third kappa shape index (κ3) is 38.5.